The summed E-state index contributed by atoms with van der Waals surface area (Å²) in [6.45, 7) is 4.30. The van der Waals surface area contributed by atoms with Gasteiger partial charge in [0.25, 0.3) is 5.91 Å². The lowest BCUT2D eigenvalue weighted by Crippen LogP contribution is -2.35. The second-order valence-corrected chi connectivity index (χ2v) is 7.32. The van der Waals surface area contributed by atoms with Crippen LogP contribution in [0, 0.1) is 0 Å². The summed E-state index contributed by atoms with van der Waals surface area (Å²) in [4.78, 5) is 17.6. The highest BCUT2D eigenvalue weighted by molar-refractivity contribution is 5.97. The Labute approximate surface area is 172 Å². The van der Waals surface area contributed by atoms with E-state index in [0.717, 1.165) is 44.9 Å². The van der Waals surface area contributed by atoms with E-state index in [2.05, 4.69) is 29.2 Å². The molecule has 0 atom stereocenters. The molecule has 1 fully saturated rings. The molecule has 0 unspecified atom stereocenters. The van der Waals surface area contributed by atoms with Gasteiger partial charge in [0, 0.05) is 32.7 Å². The Morgan fingerprint density at radius 2 is 1.45 bits per heavy atom. The fraction of sp³-hybridized carbons (Fsp3) is 0.240. The van der Waals surface area contributed by atoms with Gasteiger partial charge in [0.2, 0.25) is 0 Å². The summed E-state index contributed by atoms with van der Waals surface area (Å²) in [5.41, 5.74) is 1.93. The summed E-state index contributed by atoms with van der Waals surface area (Å²) in [6, 6.07) is 27.6. The molecule has 4 heteroatoms. The van der Waals surface area contributed by atoms with Gasteiger partial charge in [0.15, 0.2) is 0 Å². The van der Waals surface area contributed by atoms with Gasteiger partial charge in [-0.25, -0.2) is 0 Å². The number of hydrogen-bond acceptors (Lipinski definition) is 3. The Hall–Kier alpha value is -3.11. The van der Waals surface area contributed by atoms with Crippen molar-refractivity contribution in [3.8, 4) is 11.5 Å². The maximum atomic E-state index is 13.3. The number of carbonyl (C=O) groups excluding carboxylic acids is 1. The van der Waals surface area contributed by atoms with Crippen LogP contribution in [0.5, 0.6) is 11.5 Å². The normalized spacial score (nSPS) is 15.0. The van der Waals surface area contributed by atoms with Gasteiger partial charge in [-0.1, -0.05) is 60.7 Å². The summed E-state index contributed by atoms with van der Waals surface area (Å²) < 4.78 is 5.99. The van der Waals surface area contributed by atoms with E-state index in [1.807, 2.05) is 65.6 Å². The lowest BCUT2D eigenvalue weighted by Gasteiger charge is -2.23. The molecule has 0 radical (unpaired) electrons. The quantitative estimate of drug-likeness (QED) is 0.630. The highest BCUT2D eigenvalue weighted by atomic mass is 16.5. The van der Waals surface area contributed by atoms with Crippen LogP contribution in [0.2, 0.25) is 0 Å². The monoisotopic (exact) mass is 386 g/mol. The van der Waals surface area contributed by atoms with Crippen LogP contribution in [-0.4, -0.2) is 41.9 Å². The Morgan fingerprint density at radius 1 is 0.759 bits per heavy atom. The molecule has 0 spiro atoms. The second-order valence-electron chi connectivity index (χ2n) is 7.32. The van der Waals surface area contributed by atoms with Crippen molar-refractivity contribution >= 4 is 5.91 Å². The molecule has 4 rings (SSSR count). The van der Waals surface area contributed by atoms with Crippen LogP contribution in [0.4, 0.5) is 0 Å². The van der Waals surface area contributed by atoms with Crippen LogP contribution in [0.25, 0.3) is 0 Å². The van der Waals surface area contributed by atoms with E-state index in [0.29, 0.717) is 11.3 Å². The molecule has 0 bridgehead atoms. The molecule has 1 amide bonds. The molecule has 3 aromatic rings. The highest BCUT2D eigenvalue weighted by Gasteiger charge is 2.23. The number of rotatable bonds is 5. The highest BCUT2D eigenvalue weighted by Crippen LogP contribution is 2.26. The van der Waals surface area contributed by atoms with Gasteiger partial charge in [-0.05, 0) is 36.2 Å². The molecular weight excluding hydrogens is 360 g/mol. The van der Waals surface area contributed by atoms with Crippen molar-refractivity contribution in [3.63, 3.8) is 0 Å². The van der Waals surface area contributed by atoms with Gasteiger partial charge in [0.1, 0.15) is 11.5 Å². The van der Waals surface area contributed by atoms with E-state index in [1.54, 1.807) is 0 Å². The second kappa shape index (κ2) is 9.39. The van der Waals surface area contributed by atoms with Crippen LogP contribution < -0.4 is 4.74 Å². The Morgan fingerprint density at radius 3 is 2.24 bits per heavy atom. The lowest BCUT2D eigenvalue weighted by atomic mass is 10.1. The minimum Gasteiger partial charge on any atom is -0.457 e. The summed E-state index contributed by atoms with van der Waals surface area (Å²) >= 11 is 0. The molecule has 1 aliphatic heterocycles. The van der Waals surface area contributed by atoms with E-state index < -0.39 is 0 Å². The molecule has 148 valence electrons. The van der Waals surface area contributed by atoms with Gasteiger partial charge in [-0.15, -0.1) is 0 Å². The van der Waals surface area contributed by atoms with Crippen LogP contribution in [0.3, 0.4) is 0 Å². The predicted molar refractivity (Wildman–Crippen MR) is 115 cm³/mol. The molecule has 3 aromatic carbocycles. The predicted octanol–water partition coefficient (Wildman–Crippen LogP) is 4.83. The number of amides is 1. The number of nitrogens with zero attached hydrogens (tertiary/aromatic N) is 2. The summed E-state index contributed by atoms with van der Waals surface area (Å²) in [5, 5.41) is 0. The van der Waals surface area contributed by atoms with Crippen LogP contribution >= 0.6 is 0 Å². The summed E-state index contributed by atoms with van der Waals surface area (Å²) in [5.74, 6) is 1.38. The van der Waals surface area contributed by atoms with Gasteiger partial charge in [-0.2, -0.15) is 0 Å². The Bertz CT molecular complexity index is 928. The average Bonchev–Trinajstić information content (AvgIpc) is 3.01. The van der Waals surface area contributed by atoms with Crippen molar-refractivity contribution in [2.45, 2.75) is 13.0 Å². The van der Waals surface area contributed by atoms with E-state index in [4.69, 9.17) is 4.74 Å². The first-order chi connectivity index (χ1) is 14.3. The molecule has 1 heterocycles. The third-order valence-corrected chi connectivity index (χ3v) is 5.21. The molecule has 1 aliphatic rings. The fourth-order valence-electron chi connectivity index (χ4n) is 3.69. The van der Waals surface area contributed by atoms with Gasteiger partial charge >= 0.3 is 0 Å². The van der Waals surface area contributed by atoms with Crippen LogP contribution in [0.1, 0.15) is 22.3 Å². The zero-order valence-electron chi connectivity index (χ0n) is 16.5. The van der Waals surface area contributed by atoms with Crippen LogP contribution in [0.15, 0.2) is 84.9 Å². The lowest BCUT2D eigenvalue weighted by molar-refractivity contribution is 0.0758. The molecule has 0 aliphatic carbocycles. The van der Waals surface area contributed by atoms with Gasteiger partial charge in [-0.3, -0.25) is 9.69 Å². The average molecular weight is 386 g/mol. The van der Waals surface area contributed by atoms with Gasteiger partial charge < -0.3 is 9.64 Å². The largest absolute Gasteiger partial charge is 0.457 e. The SMILES string of the molecule is O=C(c1ccccc1Oc1ccccc1)N1CCCN(Cc2ccccc2)CC1. The van der Waals surface area contributed by atoms with E-state index in [-0.39, 0.29) is 5.91 Å². The number of carbonyl (C=O) groups is 1. The third kappa shape index (κ3) is 5.04. The molecular formula is C25H26N2O2. The van der Waals surface area contributed by atoms with E-state index in [1.165, 1.54) is 5.56 Å². The summed E-state index contributed by atoms with van der Waals surface area (Å²) in [7, 11) is 0. The zero-order chi connectivity index (χ0) is 19.9. The molecule has 29 heavy (non-hydrogen) atoms. The van der Waals surface area contributed by atoms with Crippen molar-refractivity contribution in [2.75, 3.05) is 26.2 Å². The number of para-hydroxylation sites is 2. The summed E-state index contributed by atoms with van der Waals surface area (Å²) in [6.07, 6.45) is 0.973. The van der Waals surface area contributed by atoms with Crippen LogP contribution in [-0.2, 0) is 6.54 Å². The number of ether oxygens (including phenoxy) is 1. The topological polar surface area (TPSA) is 32.8 Å². The van der Waals surface area contributed by atoms with Crippen molar-refractivity contribution < 1.29 is 9.53 Å². The van der Waals surface area contributed by atoms with Crippen molar-refractivity contribution in [3.05, 3.63) is 96.1 Å². The molecule has 0 N–H and O–H groups in total. The molecule has 1 saturated heterocycles. The van der Waals surface area contributed by atoms with Crippen molar-refractivity contribution in [1.82, 2.24) is 9.80 Å². The third-order valence-electron chi connectivity index (χ3n) is 5.21. The molecule has 4 nitrogen and oxygen atoms in total. The number of hydrogen-bond donors (Lipinski definition) is 0. The number of benzene rings is 3. The molecule has 0 aromatic heterocycles. The van der Waals surface area contributed by atoms with Gasteiger partial charge in [0.05, 0.1) is 5.56 Å². The molecule has 0 saturated carbocycles. The first kappa shape index (κ1) is 19.2. The first-order valence-corrected chi connectivity index (χ1v) is 10.2. The van der Waals surface area contributed by atoms with E-state index in [9.17, 15) is 4.79 Å². The standard InChI is InChI=1S/C25H26N2O2/c28-25(23-14-7-8-15-24(23)29-22-12-5-2-6-13-22)27-17-9-16-26(18-19-27)20-21-10-3-1-4-11-21/h1-8,10-15H,9,16-20H2. The van der Waals surface area contributed by atoms with Crippen molar-refractivity contribution in [1.29, 1.82) is 0 Å². The van der Waals surface area contributed by atoms with Crippen molar-refractivity contribution in [2.24, 2.45) is 0 Å². The smallest absolute Gasteiger partial charge is 0.257 e. The maximum absolute atomic E-state index is 13.3. The van der Waals surface area contributed by atoms with E-state index >= 15 is 0 Å². The maximum Gasteiger partial charge on any atom is 0.257 e. The minimum atomic E-state index is 0.0399. The Balaban J connectivity index is 1.43. The Kier molecular flexibility index (Phi) is 6.22. The fourth-order valence-corrected chi connectivity index (χ4v) is 3.69. The minimum absolute atomic E-state index is 0.0399. The first-order valence-electron chi connectivity index (χ1n) is 10.2. The zero-order valence-corrected chi connectivity index (χ0v) is 16.5.